The normalized spacial score (nSPS) is 16.9. The summed E-state index contributed by atoms with van der Waals surface area (Å²) in [6.45, 7) is 3.21. The predicted octanol–water partition coefficient (Wildman–Crippen LogP) is 2.73. The van der Waals surface area contributed by atoms with Crippen molar-refractivity contribution in [1.29, 1.82) is 0 Å². The van der Waals surface area contributed by atoms with E-state index in [1.165, 1.54) is 19.3 Å². The summed E-state index contributed by atoms with van der Waals surface area (Å²) in [7, 11) is 0. The fourth-order valence-electron chi connectivity index (χ4n) is 3.05. The lowest BCUT2D eigenvalue weighted by atomic mass is 9.71. The molecule has 1 aromatic rings. The van der Waals surface area contributed by atoms with E-state index in [2.05, 4.69) is 10.3 Å². The molecule has 0 aliphatic heterocycles. The molecule has 2 rings (SSSR count). The van der Waals surface area contributed by atoms with Crippen LogP contribution in [-0.4, -0.2) is 17.4 Å². The third-order valence-electron chi connectivity index (χ3n) is 4.50. The van der Waals surface area contributed by atoms with Crippen molar-refractivity contribution in [3.05, 3.63) is 29.6 Å². The Hall–Kier alpha value is -1.13. The molecule has 1 aliphatic carbocycles. The van der Waals surface area contributed by atoms with Crippen molar-refractivity contribution >= 4 is 18.3 Å². The van der Waals surface area contributed by atoms with Gasteiger partial charge in [0.1, 0.15) is 0 Å². The number of nitrogens with one attached hydrogen (secondary N) is 1. The van der Waals surface area contributed by atoms with Crippen LogP contribution < -0.4 is 11.1 Å². The van der Waals surface area contributed by atoms with Gasteiger partial charge in [-0.3, -0.25) is 9.78 Å². The third kappa shape index (κ3) is 4.97. The number of amides is 1. The number of aryl methyl sites for hydroxylation is 1. The number of halogens is 1. The number of aromatic nitrogens is 1. The van der Waals surface area contributed by atoms with Gasteiger partial charge < -0.3 is 11.1 Å². The molecular weight excluding hydrogens is 286 g/mol. The molecule has 4 nitrogen and oxygen atoms in total. The Balaban J connectivity index is 0.00000220. The highest BCUT2D eigenvalue weighted by Crippen LogP contribution is 2.38. The number of hydrogen-bond acceptors (Lipinski definition) is 3. The smallest absolute Gasteiger partial charge is 0.220 e. The van der Waals surface area contributed by atoms with Crippen molar-refractivity contribution in [3.63, 3.8) is 0 Å². The standard InChI is InChI=1S/C16H25N3O.ClH/c1-13-10-18-8-5-14(13)11-19-15(20)9-16(12-17)6-3-2-4-7-16;/h5,8,10H,2-4,6-7,9,11-12,17H2,1H3,(H,19,20);1H. The van der Waals surface area contributed by atoms with Crippen LogP contribution in [0.2, 0.25) is 0 Å². The van der Waals surface area contributed by atoms with Crippen LogP contribution in [0.1, 0.15) is 49.7 Å². The summed E-state index contributed by atoms with van der Waals surface area (Å²) in [4.78, 5) is 16.2. The number of rotatable bonds is 5. The topological polar surface area (TPSA) is 68.0 Å². The van der Waals surface area contributed by atoms with Gasteiger partial charge in [-0.15, -0.1) is 12.4 Å². The Morgan fingerprint density at radius 1 is 1.38 bits per heavy atom. The Kier molecular flexibility index (Phi) is 7.12. The molecule has 1 heterocycles. The second-order valence-corrected chi connectivity index (χ2v) is 6.02. The highest BCUT2D eigenvalue weighted by molar-refractivity contribution is 5.85. The number of pyridine rings is 1. The molecule has 5 heteroatoms. The molecule has 0 atom stereocenters. The molecule has 1 amide bonds. The molecule has 0 saturated heterocycles. The summed E-state index contributed by atoms with van der Waals surface area (Å²) in [5.41, 5.74) is 8.20. The Bertz CT molecular complexity index is 459. The van der Waals surface area contributed by atoms with Crippen molar-refractivity contribution in [2.45, 2.75) is 52.0 Å². The average Bonchev–Trinajstić information content (AvgIpc) is 2.47. The van der Waals surface area contributed by atoms with Gasteiger partial charge in [-0.05, 0) is 48.9 Å². The van der Waals surface area contributed by atoms with Crippen LogP contribution in [0, 0.1) is 12.3 Å². The maximum atomic E-state index is 12.2. The first-order valence-electron chi connectivity index (χ1n) is 7.51. The quantitative estimate of drug-likeness (QED) is 0.878. The minimum absolute atomic E-state index is 0. The third-order valence-corrected chi connectivity index (χ3v) is 4.50. The predicted molar refractivity (Wildman–Crippen MR) is 87.3 cm³/mol. The van der Waals surface area contributed by atoms with E-state index in [1.807, 2.05) is 19.2 Å². The molecule has 0 radical (unpaired) electrons. The molecular formula is C16H26ClN3O. The van der Waals surface area contributed by atoms with Crippen molar-refractivity contribution in [1.82, 2.24) is 10.3 Å². The number of carbonyl (C=O) groups is 1. The zero-order valence-corrected chi connectivity index (χ0v) is 13.5. The van der Waals surface area contributed by atoms with E-state index in [0.29, 0.717) is 19.5 Å². The first-order chi connectivity index (χ1) is 9.65. The molecule has 1 aromatic heterocycles. The average molecular weight is 312 g/mol. The first-order valence-corrected chi connectivity index (χ1v) is 7.51. The van der Waals surface area contributed by atoms with Crippen molar-refractivity contribution in [2.24, 2.45) is 11.1 Å². The Morgan fingerprint density at radius 2 is 2.10 bits per heavy atom. The van der Waals surface area contributed by atoms with Gasteiger partial charge in [0.05, 0.1) is 0 Å². The Labute approximate surface area is 133 Å². The lowest BCUT2D eigenvalue weighted by Gasteiger charge is -2.35. The number of nitrogens with two attached hydrogens (primary N) is 1. The van der Waals surface area contributed by atoms with Gasteiger partial charge in [0.25, 0.3) is 0 Å². The Morgan fingerprint density at radius 3 is 2.71 bits per heavy atom. The molecule has 1 fully saturated rings. The van der Waals surface area contributed by atoms with Gasteiger partial charge in [-0.1, -0.05) is 19.3 Å². The summed E-state index contributed by atoms with van der Waals surface area (Å²) >= 11 is 0. The molecule has 0 spiro atoms. The molecule has 1 aliphatic rings. The second-order valence-electron chi connectivity index (χ2n) is 6.02. The lowest BCUT2D eigenvalue weighted by Crippen LogP contribution is -2.38. The lowest BCUT2D eigenvalue weighted by molar-refractivity contribution is -0.124. The molecule has 0 unspecified atom stereocenters. The first kappa shape index (κ1) is 17.9. The van der Waals surface area contributed by atoms with Crippen LogP contribution in [0.25, 0.3) is 0 Å². The van der Waals surface area contributed by atoms with Crippen LogP contribution >= 0.6 is 12.4 Å². The molecule has 1 saturated carbocycles. The van der Waals surface area contributed by atoms with E-state index in [1.54, 1.807) is 6.20 Å². The number of carbonyl (C=O) groups excluding carboxylic acids is 1. The molecule has 21 heavy (non-hydrogen) atoms. The number of nitrogens with zero attached hydrogens (tertiary/aromatic N) is 1. The van der Waals surface area contributed by atoms with Gasteiger partial charge >= 0.3 is 0 Å². The largest absolute Gasteiger partial charge is 0.352 e. The zero-order chi connectivity index (χ0) is 14.4. The molecule has 0 bridgehead atoms. The van der Waals surface area contributed by atoms with Crippen LogP contribution in [-0.2, 0) is 11.3 Å². The van der Waals surface area contributed by atoms with Gasteiger partial charge in [-0.25, -0.2) is 0 Å². The van der Waals surface area contributed by atoms with E-state index in [0.717, 1.165) is 24.0 Å². The van der Waals surface area contributed by atoms with Crippen LogP contribution in [0.5, 0.6) is 0 Å². The summed E-state index contributed by atoms with van der Waals surface area (Å²) in [5, 5.41) is 3.02. The fraction of sp³-hybridized carbons (Fsp3) is 0.625. The summed E-state index contributed by atoms with van der Waals surface area (Å²) < 4.78 is 0. The van der Waals surface area contributed by atoms with Crippen LogP contribution in [0.15, 0.2) is 18.5 Å². The van der Waals surface area contributed by atoms with E-state index in [9.17, 15) is 4.79 Å². The maximum absolute atomic E-state index is 12.2. The summed E-state index contributed by atoms with van der Waals surface area (Å²) in [5.74, 6) is 0.119. The zero-order valence-electron chi connectivity index (χ0n) is 12.7. The van der Waals surface area contributed by atoms with Crippen molar-refractivity contribution in [3.8, 4) is 0 Å². The van der Waals surface area contributed by atoms with E-state index < -0.39 is 0 Å². The summed E-state index contributed by atoms with van der Waals surface area (Å²) in [6.07, 6.45) is 10.0. The van der Waals surface area contributed by atoms with Crippen LogP contribution in [0.3, 0.4) is 0 Å². The van der Waals surface area contributed by atoms with Gasteiger partial charge in [0.2, 0.25) is 5.91 Å². The highest BCUT2D eigenvalue weighted by Gasteiger charge is 2.32. The molecule has 0 aromatic carbocycles. The van der Waals surface area contributed by atoms with Crippen LogP contribution in [0.4, 0.5) is 0 Å². The number of hydrogen-bond donors (Lipinski definition) is 2. The second kappa shape index (κ2) is 8.35. The van der Waals surface area contributed by atoms with E-state index in [4.69, 9.17) is 5.73 Å². The SMILES string of the molecule is Cc1cnccc1CNC(=O)CC1(CN)CCCCC1.Cl. The molecule has 118 valence electrons. The van der Waals surface area contributed by atoms with Crippen molar-refractivity contribution < 1.29 is 4.79 Å². The minimum atomic E-state index is 0. The van der Waals surface area contributed by atoms with E-state index >= 15 is 0 Å². The highest BCUT2D eigenvalue weighted by atomic mass is 35.5. The minimum Gasteiger partial charge on any atom is -0.352 e. The monoisotopic (exact) mass is 311 g/mol. The van der Waals surface area contributed by atoms with E-state index in [-0.39, 0.29) is 23.7 Å². The van der Waals surface area contributed by atoms with Gasteiger partial charge in [0.15, 0.2) is 0 Å². The summed E-state index contributed by atoms with van der Waals surface area (Å²) in [6, 6.07) is 1.95. The maximum Gasteiger partial charge on any atom is 0.220 e. The van der Waals surface area contributed by atoms with Gasteiger partial charge in [-0.2, -0.15) is 0 Å². The fourth-order valence-corrected chi connectivity index (χ4v) is 3.05. The van der Waals surface area contributed by atoms with Gasteiger partial charge in [0, 0.05) is 25.4 Å². The van der Waals surface area contributed by atoms with Crippen molar-refractivity contribution in [2.75, 3.05) is 6.54 Å². The molecule has 3 N–H and O–H groups in total.